The van der Waals surface area contributed by atoms with E-state index in [1.165, 1.54) is 38.6 Å². The van der Waals surface area contributed by atoms with Crippen molar-refractivity contribution in [2.45, 2.75) is 69.4 Å². The molecule has 3 nitrogen and oxygen atoms in total. The molecule has 5 unspecified atom stereocenters. The van der Waals surface area contributed by atoms with Crippen molar-refractivity contribution < 1.29 is 4.74 Å². The smallest absolute Gasteiger partial charge is 0.0733 e. The van der Waals surface area contributed by atoms with Crippen LogP contribution in [0.5, 0.6) is 0 Å². The molecule has 0 aromatic rings. The summed E-state index contributed by atoms with van der Waals surface area (Å²) in [4.78, 5) is 2.47. The van der Waals surface area contributed by atoms with Crippen LogP contribution in [0.2, 0.25) is 0 Å². The van der Waals surface area contributed by atoms with Gasteiger partial charge in [-0.15, -0.1) is 0 Å². The van der Waals surface area contributed by atoms with E-state index >= 15 is 0 Å². The Kier molecular flexibility index (Phi) is 2.94. The van der Waals surface area contributed by atoms with Gasteiger partial charge in [0, 0.05) is 18.1 Å². The molecule has 0 aromatic carbocycles. The largest absolute Gasteiger partial charge is 0.373 e. The number of fused-ring (bicyclic) bond motifs is 2. The lowest BCUT2D eigenvalue weighted by molar-refractivity contribution is 0.0917. The first kappa shape index (κ1) is 11.0. The van der Waals surface area contributed by atoms with Crippen molar-refractivity contribution in [2.75, 3.05) is 13.6 Å². The molecule has 3 aliphatic rings. The third kappa shape index (κ3) is 2.01. The number of nitrogens with zero attached hydrogens (tertiary/aromatic N) is 1. The molecule has 92 valence electrons. The van der Waals surface area contributed by atoms with Crippen LogP contribution in [0.1, 0.15) is 39.0 Å². The van der Waals surface area contributed by atoms with Gasteiger partial charge in [-0.25, -0.2) is 0 Å². The van der Waals surface area contributed by atoms with Crippen molar-refractivity contribution in [3.8, 4) is 0 Å². The molecule has 0 spiro atoms. The fraction of sp³-hybridized carbons (Fsp3) is 1.00. The average Bonchev–Trinajstić information content (AvgIpc) is 2.85. The molecular formula is C13H24N2O. The maximum atomic E-state index is 5.90. The molecule has 2 bridgehead atoms. The first-order valence-electron chi connectivity index (χ1n) is 6.84. The van der Waals surface area contributed by atoms with Gasteiger partial charge in [-0.2, -0.15) is 0 Å². The van der Waals surface area contributed by atoms with E-state index in [0.717, 1.165) is 12.1 Å². The molecule has 3 fully saturated rings. The predicted octanol–water partition coefficient (Wildman–Crippen LogP) is 1.38. The summed E-state index contributed by atoms with van der Waals surface area (Å²) in [7, 11) is 2.24. The van der Waals surface area contributed by atoms with Gasteiger partial charge in [-0.1, -0.05) is 0 Å². The molecule has 16 heavy (non-hydrogen) atoms. The van der Waals surface area contributed by atoms with Crippen molar-refractivity contribution in [3.05, 3.63) is 0 Å². The van der Waals surface area contributed by atoms with Crippen molar-refractivity contribution in [3.63, 3.8) is 0 Å². The van der Waals surface area contributed by atoms with E-state index in [0.29, 0.717) is 18.2 Å². The van der Waals surface area contributed by atoms with E-state index in [-0.39, 0.29) is 0 Å². The predicted molar refractivity (Wildman–Crippen MR) is 64.5 cm³/mol. The zero-order valence-electron chi connectivity index (χ0n) is 10.5. The first-order chi connectivity index (χ1) is 7.72. The molecular weight excluding hydrogens is 200 g/mol. The minimum absolute atomic E-state index is 0.528. The van der Waals surface area contributed by atoms with E-state index in [4.69, 9.17) is 4.74 Å². The maximum absolute atomic E-state index is 5.90. The van der Waals surface area contributed by atoms with E-state index in [9.17, 15) is 0 Å². The summed E-state index contributed by atoms with van der Waals surface area (Å²) >= 11 is 0. The summed E-state index contributed by atoms with van der Waals surface area (Å²) in [5.74, 6) is 0. The van der Waals surface area contributed by atoms with Crippen molar-refractivity contribution in [1.82, 2.24) is 10.2 Å². The highest BCUT2D eigenvalue weighted by atomic mass is 16.5. The lowest BCUT2D eigenvalue weighted by Gasteiger charge is -2.37. The number of ether oxygens (including phenoxy) is 1. The lowest BCUT2D eigenvalue weighted by Crippen LogP contribution is -2.50. The molecule has 3 aliphatic heterocycles. The molecule has 5 atom stereocenters. The normalized spacial score (nSPS) is 48.8. The highest BCUT2D eigenvalue weighted by Gasteiger charge is 2.41. The standard InChI is InChI=1S/C13H24N2O/c1-9-7-10(5-6-15(9)2)14-12-8-11-3-4-13(12)16-11/h9-14H,3-8H2,1-2H3. The van der Waals surface area contributed by atoms with Crippen LogP contribution in [0.3, 0.4) is 0 Å². The number of hydrogen-bond acceptors (Lipinski definition) is 3. The fourth-order valence-corrected chi connectivity index (χ4v) is 3.56. The molecule has 3 heteroatoms. The second-order valence-corrected chi connectivity index (χ2v) is 5.93. The highest BCUT2D eigenvalue weighted by molar-refractivity contribution is 4.96. The summed E-state index contributed by atoms with van der Waals surface area (Å²) in [5.41, 5.74) is 0. The molecule has 0 aromatic heterocycles. The third-order valence-corrected chi connectivity index (χ3v) is 4.76. The Morgan fingerprint density at radius 1 is 1.19 bits per heavy atom. The van der Waals surface area contributed by atoms with E-state index in [1.54, 1.807) is 0 Å². The van der Waals surface area contributed by atoms with Crippen molar-refractivity contribution >= 4 is 0 Å². The Hall–Kier alpha value is -0.120. The molecule has 0 radical (unpaired) electrons. The van der Waals surface area contributed by atoms with Gasteiger partial charge in [-0.05, 0) is 52.6 Å². The van der Waals surface area contributed by atoms with Crippen LogP contribution < -0.4 is 5.32 Å². The van der Waals surface area contributed by atoms with E-state index in [1.807, 2.05) is 0 Å². The number of piperidine rings is 1. The average molecular weight is 224 g/mol. The van der Waals surface area contributed by atoms with E-state index in [2.05, 4.69) is 24.2 Å². The molecule has 0 saturated carbocycles. The van der Waals surface area contributed by atoms with Crippen LogP contribution in [0.25, 0.3) is 0 Å². The van der Waals surface area contributed by atoms with Crippen LogP contribution in [-0.2, 0) is 4.74 Å². The van der Waals surface area contributed by atoms with Crippen LogP contribution in [0, 0.1) is 0 Å². The minimum atomic E-state index is 0.528. The van der Waals surface area contributed by atoms with Crippen LogP contribution in [-0.4, -0.2) is 48.8 Å². The lowest BCUT2D eigenvalue weighted by atomic mass is 9.92. The van der Waals surface area contributed by atoms with E-state index < -0.39 is 0 Å². The SMILES string of the molecule is CC1CC(NC2CC3CCC2O3)CCN1C. The van der Waals surface area contributed by atoms with Gasteiger partial charge in [0.2, 0.25) is 0 Å². The number of rotatable bonds is 2. The summed E-state index contributed by atoms with van der Waals surface area (Å²) in [6.45, 7) is 3.58. The Morgan fingerprint density at radius 3 is 2.69 bits per heavy atom. The highest BCUT2D eigenvalue weighted by Crippen LogP contribution is 2.35. The van der Waals surface area contributed by atoms with Gasteiger partial charge >= 0.3 is 0 Å². The molecule has 0 amide bonds. The van der Waals surface area contributed by atoms with Gasteiger partial charge in [0.15, 0.2) is 0 Å². The van der Waals surface area contributed by atoms with Crippen LogP contribution in [0.4, 0.5) is 0 Å². The zero-order valence-corrected chi connectivity index (χ0v) is 10.5. The molecule has 3 heterocycles. The second kappa shape index (κ2) is 4.28. The Morgan fingerprint density at radius 2 is 2.06 bits per heavy atom. The number of likely N-dealkylation sites (tertiary alicyclic amines) is 1. The van der Waals surface area contributed by atoms with Gasteiger partial charge in [0.05, 0.1) is 12.2 Å². The number of nitrogens with one attached hydrogen (secondary N) is 1. The first-order valence-corrected chi connectivity index (χ1v) is 6.84. The molecule has 0 aliphatic carbocycles. The van der Waals surface area contributed by atoms with Gasteiger partial charge < -0.3 is 15.0 Å². The van der Waals surface area contributed by atoms with Gasteiger partial charge in [0.25, 0.3) is 0 Å². The fourth-order valence-electron chi connectivity index (χ4n) is 3.56. The topological polar surface area (TPSA) is 24.5 Å². The van der Waals surface area contributed by atoms with Gasteiger partial charge in [-0.3, -0.25) is 0 Å². The van der Waals surface area contributed by atoms with Crippen LogP contribution in [0.15, 0.2) is 0 Å². The Bertz CT molecular complexity index is 258. The number of hydrogen-bond donors (Lipinski definition) is 1. The summed E-state index contributed by atoms with van der Waals surface area (Å²) in [5, 5.41) is 3.85. The van der Waals surface area contributed by atoms with Crippen molar-refractivity contribution in [1.29, 1.82) is 0 Å². The molecule has 1 N–H and O–H groups in total. The molecule has 3 rings (SSSR count). The summed E-state index contributed by atoms with van der Waals surface area (Å²) in [6.07, 6.45) is 7.54. The second-order valence-electron chi connectivity index (χ2n) is 5.93. The maximum Gasteiger partial charge on any atom is 0.0733 e. The third-order valence-electron chi connectivity index (χ3n) is 4.76. The van der Waals surface area contributed by atoms with Crippen LogP contribution >= 0.6 is 0 Å². The Balaban J connectivity index is 1.52. The zero-order chi connectivity index (χ0) is 11.1. The summed E-state index contributed by atoms with van der Waals surface area (Å²) < 4.78 is 5.90. The monoisotopic (exact) mass is 224 g/mol. The summed E-state index contributed by atoms with van der Waals surface area (Å²) in [6, 6.07) is 2.10. The Labute approximate surface area is 98.5 Å². The minimum Gasteiger partial charge on any atom is -0.373 e. The van der Waals surface area contributed by atoms with Gasteiger partial charge in [0.1, 0.15) is 0 Å². The van der Waals surface area contributed by atoms with Crippen molar-refractivity contribution in [2.24, 2.45) is 0 Å². The quantitative estimate of drug-likeness (QED) is 0.767. The molecule has 3 saturated heterocycles.